The van der Waals surface area contributed by atoms with Gasteiger partial charge in [-0.2, -0.15) is 13.2 Å². The van der Waals surface area contributed by atoms with E-state index in [9.17, 15) is 18.3 Å². The lowest BCUT2D eigenvalue weighted by Crippen LogP contribution is -2.22. The summed E-state index contributed by atoms with van der Waals surface area (Å²) in [6.07, 6.45) is -4.36. The fraction of sp³-hybridized carbons (Fsp3) is 0.267. The average Bonchev–Trinajstić information content (AvgIpc) is 2.54. The Balaban J connectivity index is 2.17. The molecular formula is C15H14ClF3N2O3. The van der Waals surface area contributed by atoms with Crippen molar-refractivity contribution < 1.29 is 28.1 Å². The quantitative estimate of drug-likeness (QED) is 0.735. The molecular weight excluding hydrogens is 349 g/mol. The van der Waals surface area contributed by atoms with Gasteiger partial charge in [0, 0.05) is 18.4 Å². The molecule has 1 aromatic carbocycles. The van der Waals surface area contributed by atoms with E-state index in [1.807, 2.05) is 0 Å². The molecule has 0 radical (unpaired) electrons. The number of anilines is 1. The Labute approximate surface area is 140 Å². The van der Waals surface area contributed by atoms with Crippen LogP contribution in [-0.2, 0) is 6.18 Å². The normalized spacial score (nSPS) is 12.8. The fourth-order valence-electron chi connectivity index (χ4n) is 1.79. The van der Waals surface area contributed by atoms with E-state index in [4.69, 9.17) is 21.4 Å². The smallest absolute Gasteiger partial charge is 0.421 e. The number of aliphatic hydroxyl groups is 2. The molecule has 24 heavy (non-hydrogen) atoms. The summed E-state index contributed by atoms with van der Waals surface area (Å²) in [6.45, 7) is -0.312. The topological polar surface area (TPSA) is 74.6 Å². The lowest BCUT2D eigenvalue weighted by molar-refractivity contribution is -0.138. The molecule has 9 heteroatoms. The van der Waals surface area contributed by atoms with E-state index in [0.717, 1.165) is 12.1 Å². The van der Waals surface area contributed by atoms with Crippen LogP contribution in [0.5, 0.6) is 11.6 Å². The van der Waals surface area contributed by atoms with E-state index in [1.54, 1.807) is 0 Å². The van der Waals surface area contributed by atoms with E-state index in [0.29, 0.717) is 5.69 Å². The standard InChI is InChI=1S/C15H14ClF3N2O3/c16-12-6-9(21-7-10(23)8-22)3-4-13(12)24-14-11(15(17,18)19)2-1-5-20-14/h1-6,10,21-23H,7-8H2. The highest BCUT2D eigenvalue weighted by Gasteiger charge is 2.35. The van der Waals surface area contributed by atoms with Crippen LogP contribution in [0.25, 0.3) is 0 Å². The van der Waals surface area contributed by atoms with Gasteiger partial charge in [-0.1, -0.05) is 11.6 Å². The van der Waals surface area contributed by atoms with Gasteiger partial charge in [0.15, 0.2) is 0 Å². The lowest BCUT2D eigenvalue weighted by atomic mass is 10.2. The SMILES string of the molecule is OCC(O)CNc1ccc(Oc2ncccc2C(F)(F)F)c(Cl)c1. The predicted octanol–water partition coefficient (Wildman–Crippen LogP) is 3.31. The molecule has 0 amide bonds. The zero-order valence-corrected chi connectivity index (χ0v) is 13.0. The number of aromatic nitrogens is 1. The van der Waals surface area contributed by atoms with Crippen molar-refractivity contribution in [3.63, 3.8) is 0 Å². The molecule has 2 rings (SSSR count). The van der Waals surface area contributed by atoms with Crippen LogP contribution in [0.2, 0.25) is 5.02 Å². The minimum Gasteiger partial charge on any atom is -0.437 e. The maximum Gasteiger partial charge on any atom is 0.421 e. The van der Waals surface area contributed by atoms with Crippen LogP contribution in [0.4, 0.5) is 18.9 Å². The summed E-state index contributed by atoms with van der Waals surface area (Å²) in [5.41, 5.74) is -0.494. The van der Waals surface area contributed by atoms with Crippen LogP contribution in [0, 0.1) is 0 Å². The number of alkyl halides is 3. The number of aliphatic hydroxyl groups excluding tert-OH is 2. The molecule has 3 N–H and O–H groups in total. The minimum atomic E-state index is -4.60. The molecule has 130 valence electrons. The van der Waals surface area contributed by atoms with Gasteiger partial charge in [0.1, 0.15) is 11.3 Å². The van der Waals surface area contributed by atoms with Crippen LogP contribution < -0.4 is 10.1 Å². The van der Waals surface area contributed by atoms with Crippen molar-refractivity contribution in [2.24, 2.45) is 0 Å². The van der Waals surface area contributed by atoms with Crippen LogP contribution in [0.15, 0.2) is 36.5 Å². The van der Waals surface area contributed by atoms with E-state index in [1.165, 1.54) is 24.4 Å². The summed E-state index contributed by atoms with van der Waals surface area (Å²) >= 11 is 6.01. The van der Waals surface area contributed by atoms with Gasteiger partial charge in [0.2, 0.25) is 5.88 Å². The Morgan fingerprint density at radius 3 is 2.67 bits per heavy atom. The van der Waals surface area contributed by atoms with Gasteiger partial charge in [-0.05, 0) is 30.3 Å². The number of halogens is 4. The van der Waals surface area contributed by atoms with Crippen LogP contribution in [0.1, 0.15) is 5.56 Å². The van der Waals surface area contributed by atoms with Crippen LogP contribution in [0.3, 0.4) is 0 Å². The number of nitrogens with one attached hydrogen (secondary N) is 1. The van der Waals surface area contributed by atoms with E-state index in [-0.39, 0.29) is 17.3 Å². The number of hydrogen-bond acceptors (Lipinski definition) is 5. The molecule has 0 aliphatic carbocycles. The van der Waals surface area contributed by atoms with Crippen molar-refractivity contribution in [2.75, 3.05) is 18.5 Å². The van der Waals surface area contributed by atoms with Gasteiger partial charge in [-0.25, -0.2) is 4.98 Å². The fourth-order valence-corrected chi connectivity index (χ4v) is 2.00. The first-order chi connectivity index (χ1) is 11.3. The Hall–Kier alpha value is -2.03. The van der Waals surface area contributed by atoms with Gasteiger partial charge in [-0.3, -0.25) is 0 Å². The van der Waals surface area contributed by atoms with Crippen LogP contribution >= 0.6 is 11.6 Å². The molecule has 0 saturated carbocycles. The second-order valence-electron chi connectivity index (χ2n) is 4.82. The third-order valence-electron chi connectivity index (χ3n) is 2.97. The molecule has 0 aliphatic heterocycles. The number of rotatable bonds is 6. The zero-order valence-electron chi connectivity index (χ0n) is 12.2. The van der Waals surface area contributed by atoms with Gasteiger partial charge >= 0.3 is 6.18 Å². The largest absolute Gasteiger partial charge is 0.437 e. The van der Waals surface area contributed by atoms with E-state index in [2.05, 4.69) is 10.3 Å². The molecule has 1 atom stereocenters. The summed E-state index contributed by atoms with van der Waals surface area (Å²) in [5, 5.41) is 20.9. The van der Waals surface area contributed by atoms with Crippen molar-refractivity contribution in [1.29, 1.82) is 0 Å². The zero-order chi connectivity index (χ0) is 17.7. The summed E-state index contributed by atoms with van der Waals surface area (Å²) in [7, 11) is 0. The molecule has 1 heterocycles. The monoisotopic (exact) mass is 362 g/mol. The maximum atomic E-state index is 12.9. The summed E-state index contributed by atoms with van der Waals surface area (Å²) in [6, 6.07) is 6.35. The van der Waals surface area contributed by atoms with Crippen molar-refractivity contribution in [1.82, 2.24) is 4.98 Å². The average molecular weight is 363 g/mol. The molecule has 0 spiro atoms. The second-order valence-corrected chi connectivity index (χ2v) is 5.23. The molecule has 0 bridgehead atoms. The molecule has 2 aromatic rings. The number of benzene rings is 1. The van der Waals surface area contributed by atoms with Gasteiger partial charge in [-0.15, -0.1) is 0 Å². The first-order valence-electron chi connectivity index (χ1n) is 6.83. The first-order valence-corrected chi connectivity index (χ1v) is 7.21. The highest BCUT2D eigenvalue weighted by atomic mass is 35.5. The Kier molecular flexibility index (Phi) is 5.87. The highest BCUT2D eigenvalue weighted by Crippen LogP contribution is 2.38. The van der Waals surface area contributed by atoms with Gasteiger partial charge < -0.3 is 20.3 Å². The van der Waals surface area contributed by atoms with E-state index >= 15 is 0 Å². The maximum absolute atomic E-state index is 12.9. The number of hydrogen-bond donors (Lipinski definition) is 3. The Morgan fingerprint density at radius 2 is 2.04 bits per heavy atom. The summed E-state index contributed by atoms with van der Waals surface area (Å²) in [5.74, 6) is -0.586. The number of nitrogens with zero attached hydrogens (tertiary/aromatic N) is 1. The lowest BCUT2D eigenvalue weighted by Gasteiger charge is -2.14. The predicted molar refractivity (Wildman–Crippen MR) is 82.3 cm³/mol. The van der Waals surface area contributed by atoms with Crippen molar-refractivity contribution >= 4 is 17.3 Å². The van der Waals surface area contributed by atoms with Crippen molar-refractivity contribution in [2.45, 2.75) is 12.3 Å². The third-order valence-corrected chi connectivity index (χ3v) is 3.26. The first kappa shape index (κ1) is 18.3. The van der Waals surface area contributed by atoms with Crippen LogP contribution in [-0.4, -0.2) is 34.5 Å². The minimum absolute atomic E-state index is 0.00845. The molecule has 5 nitrogen and oxygen atoms in total. The summed E-state index contributed by atoms with van der Waals surface area (Å²) in [4.78, 5) is 3.60. The highest BCUT2D eigenvalue weighted by molar-refractivity contribution is 6.32. The number of pyridine rings is 1. The summed E-state index contributed by atoms with van der Waals surface area (Å²) < 4.78 is 43.9. The Morgan fingerprint density at radius 1 is 1.29 bits per heavy atom. The number of ether oxygens (including phenoxy) is 1. The third kappa shape index (κ3) is 4.73. The van der Waals surface area contributed by atoms with Gasteiger partial charge in [0.05, 0.1) is 17.7 Å². The van der Waals surface area contributed by atoms with Gasteiger partial charge in [0.25, 0.3) is 0 Å². The van der Waals surface area contributed by atoms with Crippen molar-refractivity contribution in [3.8, 4) is 11.6 Å². The molecule has 1 aromatic heterocycles. The van der Waals surface area contributed by atoms with Crippen molar-refractivity contribution in [3.05, 3.63) is 47.1 Å². The molecule has 0 fully saturated rings. The second kappa shape index (κ2) is 7.69. The van der Waals surface area contributed by atoms with E-state index < -0.39 is 30.3 Å². The molecule has 0 saturated heterocycles. The molecule has 1 unspecified atom stereocenters. The molecule has 0 aliphatic rings. The Bertz CT molecular complexity index is 698.